The minimum Gasteiger partial charge on any atom is -0.472 e. The third kappa shape index (κ3) is 3.67. The highest BCUT2D eigenvalue weighted by Gasteiger charge is 2.11. The van der Waals surface area contributed by atoms with Crippen LogP contribution in [0.1, 0.15) is 0 Å². The molecule has 146 valence electrons. The summed E-state index contributed by atoms with van der Waals surface area (Å²) >= 11 is 1.41. The molecular formula is C25H15FO3S. The third-order valence-electron chi connectivity index (χ3n) is 4.76. The summed E-state index contributed by atoms with van der Waals surface area (Å²) in [6.45, 7) is 0. The van der Waals surface area contributed by atoms with E-state index in [9.17, 15) is 9.18 Å². The van der Waals surface area contributed by atoms with Gasteiger partial charge in [-0.1, -0.05) is 42.1 Å². The Labute approximate surface area is 175 Å². The third-order valence-corrected chi connectivity index (χ3v) is 5.72. The molecule has 5 heteroatoms. The van der Waals surface area contributed by atoms with E-state index >= 15 is 0 Å². The van der Waals surface area contributed by atoms with E-state index < -0.39 is 5.63 Å². The van der Waals surface area contributed by atoms with Crippen LogP contribution >= 0.6 is 11.8 Å². The summed E-state index contributed by atoms with van der Waals surface area (Å²) in [5.74, 6) is -0.298. The van der Waals surface area contributed by atoms with Crippen LogP contribution in [-0.4, -0.2) is 0 Å². The topological polar surface area (TPSA) is 43.4 Å². The second kappa shape index (κ2) is 7.69. The fourth-order valence-corrected chi connectivity index (χ4v) is 4.35. The summed E-state index contributed by atoms with van der Waals surface area (Å²) < 4.78 is 24.8. The van der Waals surface area contributed by atoms with Crippen molar-refractivity contribution in [3.63, 3.8) is 0 Å². The number of benzene rings is 3. The lowest BCUT2D eigenvalue weighted by atomic mass is 10.1. The molecule has 30 heavy (non-hydrogen) atoms. The molecule has 3 nitrogen and oxygen atoms in total. The first-order chi connectivity index (χ1) is 14.7. The van der Waals surface area contributed by atoms with Crippen molar-refractivity contribution in [3.8, 4) is 22.3 Å². The smallest absolute Gasteiger partial charge is 0.336 e. The maximum absolute atomic E-state index is 14.2. The quantitative estimate of drug-likeness (QED) is 0.297. The molecule has 3 aromatic carbocycles. The molecule has 2 heterocycles. The lowest BCUT2D eigenvalue weighted by molar-refractivity contribution is 0.560. The molecule has 5 aromatic rings. The Kier molecular flexibility index (Phi) is 4.73. The van der Waals surface area contributed by atoms with Gasteiger partial charge in [0.1, 0.15) is 11.4 Å². The Hall–Kier alpha value is -3.57. The van der Waals surface area contributed by atoms with Gasteiger partial charge in [0.05, 0.1) is 12.5 Å². The molecule has 0 aliphatic heterocycles. The number of furan rings is 1. The predicted octanol–water partition coefficient (Wildman–Crippen LogP) is 7.01. The normalized spacial score (nSPS) is 11.1. The van der Waals surface area contributed by atoms with Crippen molar-refractivity contribution in [1.29, 1.82) is 0 Å². The van der Waals surface area contributed by atoms with Crippen LogP contribution in [-0.2, 0) is 0 Å². The van der Waals surface area contributed by atoms with E-state index in [-0.39, 0.29) is 5.82 Å². The monoisotopic (exact) mass is 414 g/mol. The molecule has 0 N–H and O–H groups in total. The van der Waals surface area contributed by atoms with Gasteiger partial charge in [-0.25, -0.2) is 9.18 Å². The van der Waals surface area contributed by atoms with Crippen molar-refractivity contribution in [3.05, 3.63) is 108 Å². The zero-order valence-electron chi connectivity index (χ0n) is 15.7. The van der Waals surface area contributed by atoms with Crippen LogP contribution in [0.25, 0.3) is 33.2 Å². The van der Waals surface area contributed by atoms with Crippen molar-refractivity contribution >= 4 is 22.7 Å². The van der Waals surface area contributed by atoms with Gasteiger partial charge < -0.3 is 8.83 Å². The summed E-state index contributed by atoms with van der Waals surface area (Å²) in [7, 11) is 0. The first kappa shape index (κ1) is 18.5. The van der Waals surface area contributed by atoms with E-state index in [4.69, 9.17) is 8.83 Å². The molecular weight excluding hydrogens is 399 g/mol. The first-order valence-electron chi connectivity index (χ1n) is 9.30. The number of rotatable bonds is 4. The van der Waals surface area contributed by atoms with E-state index in [1.54, 1.807) is 24.7 Å². The largest absolute Gasteiger partial charge is 0.472 e. The predicted molar refractivity (Wildman–Crippen MR) is 116 cm³/mol. The van der Waals surface area contributed by atoms with E-state index in [0.717, 1.165) is 37.4 Å². The summed E-state index contributed by atoms with van der Waals surface area (Å²) in [4.78, 5) is 13.7. The van der Waals surface area contributed by atoms with Gasteiger partial charge in [0, 0.05) is 32.4 Å². The minimum absolute atomic E-state index is 0.298. The molecule has 0 aliphatic rings. The van der Waals surface area contributed by atoms with Gasteiger partial charge in [-0.05, 0) is 53.6 Å². The molecule has 0 bridgehead atoms. The highest BCUT2D eigenvalue weighted by Crippen LogP contribution is 2.35. The molecule has 5 rings (SSSR count). The van der Waals surface area contributed by atoms with Crippen molar-refractivity contribution in [1.82, 2.24) is 0 Å². The standard InChI is InChI=1S/C25H15FO3S/c26-19-10-18(16-4-2-1-3-5-16)11-21(12-19)30-20-6-7-22-23(17-8-9-28-15-17)14-25(27)29-24(22)13-20/h1-15H. The minimum atomic E-state index is -0.432. The molecule has 2 aromatic heterocycles. The van der Waals surface area contributed by atoms with Crippen LogP contribution < -0.4 is 5.63 Å². The zero-order valence-corrected chi connectivity index (χ0v) is 16.5. The molecule has 0 unspecified atom stereocenters. The van der Waals surface area contributed by atoms with E-state index in [0.29, 0.717) is 5.58 Å². The number of hydrogen-bond donors (Lipinski definition) is 0. The maximum Gasteiger partial charge on any atom is 0.336 e. The van der Waals surface area contributed by atoms with Gasteiger partial charge in [-0.2, -0.15) is 0 Å². The van der Waals surface area contributed by atoms with Gasteiger partial charge in [0.2, 0.25) is 0 Å². The van der Waals surface area contributed by atoms with Gasteiger partial charge in [0.15, 0.2) is 0 Å². The van der Waals surface area contributed by atoms with E-state index in [1.165, 1.54) is 30.0 Å². The van der Waals surface area contributed by atoms with Gasteiger partial charge >= 0.3 is 5.63 Å². The van der Waals surface area contributed by atoms with E-state index in [2.05, 4.69) is 0 Å². The van der Waals surface area contributed by atoms with Crippen LogP contribution in [0.5, 0.6) is 0 Å². The van der Waals surface area contributed by atoms with Gasteiger partial charge in [0.25, 0.3) is 0 Å². The second-order valence-corrected chi connectivity index (χ2v) is 7.94. The highest BCUT2D eigenvalue weighted by atomic mass is 32.2. The van der Waals surface area contributed by atoms with Crippen LogP contribution in [0, 0.1) is 5.82 Å². The van der Waals surface area contributed by atoms with Gasteiger partial charge in [-0.3, -0.25) is 0 Å². The van der Waals surface area contributed by atoms with Crippen LogP contribution in [0.15, 0.2) is 115 Å². The summed E-state index contributed by atoms with van der Waals surface area (Å²) in [5.41, 5.74) is 3.37. The highest BCUT2D eigenvalue weighted by molar-refractivity contribution is 7.99. The van der Waals surface area contributed by atoms with Crippen LogP contribution in [0.4, 0.5) is 4.39 Å². The Morgan fingerprint density at radius 1 is 0.767 bits per heavy atom. The van der Waals surface area contributed by atoms with Crippen molar-refractivity contribution in [2.24, 2.45) is 0 Å². The van der Waals surface area contributed by atoms with E-state index in [1.807, 2.05) is 48.5 Å². The SMILES string of the molecule is O=c1cc(-c2ccoc2)c2ccc(Sc3cc(F)cc(-c4ccccc4)c3)cc2o1. The Morgan fingerprint density at radius 2 is 1.63 bits per heavy atom. The lowest BCUT2D eigenvalue weighted by Gasteiger charge is -2.08. The fourth-order valence-electron chi connectivity index (χ4n) is 3.42. The molecule has 0 saturated carbocycles. The Balaban J connectivity index is 1.54. The summed E-state index contributed by atoms with van der Waals surface area (Å²) in [6, 6.07) is 23.6. The fraction of sp³-hybridized carbons (Fsp3) is 0. The molecule has 0 amide bonds. The average Bonchev–Trinajstić information content (AvgIpc) is 3.28. The zero-order chi connectivity index (χ0) is 20.5. The maximum atomic E-state index is 14.2. The molecule has 0 atom stereocenters. The number of fused-ring (bicyclic) bond motifs is 1. The Morgan fingerprint density at radius 3 is 2.43 bits per heavy atom. The van der Waals surface area contributed by atoms with Crippen molar-refractivity contribution < 1.29 is 13.2 Å². The first-order valence-corrected chi connectivity index (χ1v) is 10.1. The lowest BCUT2D eigenvalue weighted by Crippen LogP contribution is -1.97. The molecule has 0 radical (unpaired) electrons. The molecule has 0 fully saturated rings. The summed E-state index contributed by atoms with van der Waals surface area (Å²) in [6.07, 6.45) is 3.16. The Bertz CT molecular complexity index is 1390. The number of halogens is 1. The van der Waals surface area contributed by atoms with Crippen LogP contribution in [0.3, 0.4) is 0 Å². The van der Waals surface area contributed by atoms with Gasteiger partial charge in [-0.15, -0.1) is 0 Å². The van der Waals surface area contributed by atoms with Crippen LogP contribution in [0.2, 0.25) is 0 Å². The molecule has 0 spiro atoms. The summed E-state index contributed by atoms with van der Waals surface area (Å²) in [5, 5.41) is 0.810. The molecule has 0 aliphatic carbocycles. The average molecular weight is 414 g/mol. The van der Waals surface area contributed by atoms with Crippen molar-refractivity contribution in [2.45, 2.75) is 9.79 Å². The number of hydrogen-bond acceptors (Lipinski definition) is 4. The van der Waals surface area contributed by atoms with Crippen molar-refractivity contribution in [2.75, 3.05) is 0 Å². The molecule has 0 saturated heterocycles. The second-order valence-electron chi connectivity index (χ2n) is 6.79.